The van der Waals surface area contributed by atoms with E-state index < -0.39 is 6.04 Å². The Morgan fingerprint density at radius 3 is 3.04 bits per heavy atom. The second-order valence-corrected chi connectivity index (χ2v) is 7.20. The van der Waals surface area contributed by atoms with E-state index in [0.29, 0.717) is 28.1 Å². The number of nitrogens with one attached hydrogen (secondary N) is 1. The molecule has 3 rings (SSSR count). The van der Waals surface area contributed by atoms with Gasteiger partial charge in [0.15, 0.2) is 0 Å². The van der Waals surface area contributed by atoms with E-state index in [2.05, 4.69) is 16.4 Å². The molecule has 2 aromatic rings. The molecule has 1 aliphatic heterocycles. The summed E-state index contributed by atoms with van der Waals surface area (Å²) in [5.41, 5.74) is 2.08. The van der Waals surface area contributed by atoms with E-state index >= 15 is 0 Å². The molecule has 140 valence electrons. The van der Waals surface area contributed by atoms with E-state index in [1.165, 1.54) is 16.7 Å². The molecule has 0 saturated carbocycles. The Morgan fingerprint density at radius 1 is 1.48 bits per heavy atom. The topological polar surface area (TPSA) is 95.3 Å². The summed E-state index contributed by atoms with van der Waals surface area (Å²) in [4.78, 5) is 30.8. The number of nitrogens with zero attached hydrogens (tertiary/aromatic N) is 3. The lowest BCUT2D eigenvalue weighted by Crippen LogP contribution is -2.42. The van der Waals surface area contributed by atoms with Gasteiger partial charge in [-0.25, -0.2) is 0 Å². The Balaban J connectivity index is 1.77. The van der Waals surface area contributed by atoms with E-state index in [1.807, 2.05) is 25.1 Å². The zero-order chi connectivity index (χ0) is 19.4. The molecule has 1 N–H and O–H groups in total. The van der Waals surface area contributed by atoms with Crippen LogP contribution in [0.15, 0.2) is 30.5 Å². The largest absolute Gasteiger partial charge is 0.377 e. The molecule has 2 heterocycles. The van der Waals surface area contributed by atoms with Crippen LogP contribution in [0.3, 0.4) is 0 Å². The molecular weight excluding hydrogens is 364 g/mol. The van der Waals surface area contributed by atoms with Gasteiger partial charge in [-0.15, -0.1) is 11.8 Å². The van der Waals surface area contributed by atoms with Gasteiger partial charge in [0, 0.05) is 24.4 Å². The first-order chi connectivity index (χ1) is 13.0. The maximum Gasteiger partial charge on any atom is 0.252 e. The van der Waals surface area contributed by atoms with Gasteiger partial charge < -0.3 is 15.0 Å². The number of thioether (sulfide) groups is 1. The van der Waals surface area contributed by atoms with Crippen LogP contribution >= 0.6 is 11.8 Å². The molecule has 1 unspecified atom stereocenters. The molecule has 1 aliphatic rings. The van der Waals surface area contributed by atoms with Crippen LogP contribution in [0.2, 0.25) is 0 Å². The molecule has 2 amide bonds. The number of hydrogen-bond acceptors (Lipinski definition) is 6. The highest BCUT2D eigenvalue weighted by molar-refractivity contribution is 7.99. The van der Waals surface area contributed by atoms with E-state index in [1.54, 1.807) is 19.4 Å². The molecule has 27 heavy (non-hydrogen) atoms. The molecule has 1 aromatic carbocycles. The highest BCUT2D eigenvalue weighted by Gasteiger charge is 2.29. The zero-order valence-corrected chi connectivity index (χ0v) is 16.0. The van der Waals surface area contributed by atoms with Crippen molar-refractivity contribution >= 4 is 34.5 Å². The minimum Gasteiger partial charge on any atom is -0.377 e. The molecule has 0 aliphatic carbocycles. The van der Waals surface area contributed by atoms with Crippen molar-refractivity contribution < 1.29 is 14.3 Å². The lowest BCUT2D eigenvalue weighted by Gasteiger charge is -2.18. The SMILES string of the molecule is COC(C)c1ccc2nccc(C(=O)NCC(=O)N3CSC[C@H]3C#N)c2c1. The van der Waals surface area contributed by atoms with Crippen LogP contribution in [0.4, 0.5) is 0 Å². The molecular formula is C19H20N4O3S. The van der Waals surface area contributed by atoms with Gasteiger partial charge in [0.1, 0.15) is 6.04 Å². The Bertz CT molecular complexity index is 911. The molecule has 1 saturated heterocycles. The predicted octanol–water partition coefficient (Wildman–Crippen LogP) is 2.10. The third-order valence-corrected chi connectivity index (χ3v) is 5.60. The average molecular weight is 384 g/mol. The maximum atomic E-state index is 12.7. The minimum absolute atomic E-state index is 0.109. The molecule has 1 fully saturated rings. The summed E-state index contributed by atoms with van der Waals surface area (Å²) in [7, 11) is 1.63. The Kier molecular flexibility index (Phi) is 5.94. The Morgan fingerprint density at radius 2 is 2.30 bits per heavy atom. The first kappa shape index (κ1) is 19.1. The predicted molar refractivity (Wildman–Crippen MR) is 103 cm³/mol. The number of pyridine rings is 1. The quantitative estimate of drug-likeness (QED) is 0.848. The zero-order valence-electron chi connectivity index (χ0n) is 15.1. The number of aromatic nitrogens is 1. The third-order valence-electron chi connectivity index (χ3n) is 4.59. The number of hydrogen-bond donors (Lipinski definition) is 1. The standard InChI is InChI=1S/C19H20N4O3S/c1-12(26-2)13-3-4-17-16(7-13)15(5-6-21-17)19(25)22-9-18(24)23-11-27-10-14(23)8-20/h3-7,12,14H,9-11H2,1-2H3,(H,22,25)/t12?,14-/m1/s1. The molecule has 0 bridgehead atoms. The summed E-state index contributed by atoms with van der Waals surface area (Å²) in [5, 5.41) is 12.5. The maximum absolute atomic E-state index is 12.7. The fraction of sp³-hybridized carbons (Fsp3) is 0.368. The van der Waals surface area contributed by atoms with Crippen molar-refractivity contribution in [3.8, 4) is 6.07 Å². The monoisotopic (exact) mass is 384 g/mol. The van der Waals surface area contributed by atoms with Crippen LogP contribution in [0.1, 0.15) is 28.9 Å². The van der Waals surface area contributed by atoms with Gasteiger partial charge in [-0.3, -0.25) is 14.6 Å². The Hall–Kier alpha value is -2.63. The number of rotatable bonds is 5. The van der Waals surface area contributed by atoms with Crippen LogP contribution in [-0.2, 0) is 9.53 Å². The molecule has 2 atom stereocenters. The van der Waals surface area contributed by atoms with Crippen molar-refractivity contribution in [3.05, 3.63) is 41.6 Å². The summed E-state index contributed by atoms with van der Waals surface area (Å²) >= 11 is 1.53. The van der Waals surface area contributed by atoms with Gasteiger partial charge in [0.25, 0.3) is 5.91 Å². The third kappa shape index (κ3) is 4.04. The lowest BCUT2D eigenvalue weighted by molar-refractivity contribution is -0.129. The number of fused-ring (bicyclic) bond motifs is 1. The minimum atomic E-state index is -0.431. The fourth-order valence-corrected chi connectivity index (χ4v) is 4.00. The van der Waals surface area contributed by atoms with Gasteiger partial charge in [0.2, 0.25) is 5.91 Å². The number of nitriles is 1. The highest BCUT2D eigenvalue weighted by atomic mass is 32.2. The highest BCUT2D eigenvalue weighted by Crippen LogP contribution is 2.24. The number of carbonyl (C=O) groups is 2. The van der Waals surface area contributed by atoms with Crippen molar-refractivity contribution in [3.63, 3.8) is 0 Å². The summed E-state index contributed by atoms with van der Waals surface area (Å²) in [6.45, 7) is 1.78. The number of methoxy groups -OCH3 is 1. The number of amides is 2. The van der Waals surface area contributed by atoms with Crippen molar-refractivity contribution in [1.29, 1.82) is 5.26 Å². The van der Waals surface area contributed by atoms with Crippen LogP contribution < -0.4 is 5.32 Å². The van der Waals surface area contributed by atoms with Crippen LogP contribution in [0, 0.1) is 11.3 Å². The molecule has 0 radical (unpaired) electrons. The number of benzene rings is 1. The lowest BCUT2D eigenvalue weighted by atomic mass is 10.0. The van der Waals surface area contributed by atoms with Crippen LogP contribution in [0.25, 0.3) is 10.9 Å². The smallest absolute Gasteiger partial charge is 0.252 e. The van der Waals surface area contributed by atoms with Gasteiger partial charge in [-0.05, 0) is 30.7 Å². The van der Waals surface area contributed by atoms with Crippen molar-refractivity contribution in [2.24, 2.45) is 0 Å². The average Bonchev–Trinajstić information content (AvgIpc) is 3.19. The summed E-state index contributed by atoms with van der Waals surface area (Å²) < 4.78 is 5.34. The van der Waals surface area contributed by atoms with Crippen molar-refractivity contribution in [2.75, 3.05) is 25.3 Å². The van der Waals surface area contributed by atoms with E-state index in [-0.39, 0.29) is 24.5 Å². The summed E-state index contributed by atoms with van der Waals surface area (Å²) in [6, 6.07) is 8.96. The molecule has 7 nitrogen and oxygen atoms in total. The first-order valence-corrected chi connectivity index (χ1v) is 9.67. The summed E-state index contributed by atoms with van der Waals surface area (Å²) in [6.07, 6.45) is 1.46. The van der Waals surface area contributed by atoms with Gasteiger partial charge in [-0.1, -0.05) is 6.07 Å². The second kappa shape index (κ2) is 8.37. The van der Waals surface area contributed by atoms with Gasteiger partial charge >= 0.3 is 0 Å². The van der Waals surface area contributed by atoms with E-state index in [4.69, 9.17) is 10.00 Å². The van der Waals surface area contributed by atoms with E-state index in [0.717, 1.165) is 5.56 Å². The van der Waals surface area contributed by atoms with E-state index in [9.17, 15) is 9.59 Å². The molecule has 1 aromatic heterocycles. The first-order valence-electron chi connectivity index (χ1n) is 8.51. The van der Waals surface area contributed by atoms with Gasteiger partial charge in [-0.2, -0.15) is 5.26 Å². The van der Waals surface area contributed by atoms with Crippen LogP contribution in [0.5, 0.6) is 0 Å². The van der Waals surface area contributed by atoms with Crippen LogP contribution in [-0.4, -0.2) is 53.0 Å². The van der Waals surface area contributed by atoms with Crippen molar-refractivity contribution in [1.82, 2.24) is 15.2 Å². The summed E-state index contributed by atoms with van der Waals surface area (Å²) in [5.74, 6) is 0.472. The fourth-order valence-electron chi connectivity index (χ4n) is 2.90. The second-order valence-electron chi connectivity index (χ2n) is 6.20. The van der Waals surface area contributed by atoms with Gasteiger partial charge in [0.05, 0.1) is 35.7 Å². The normalized spacial score (nSPS) is 17.5. The number of ether oxygens (including phenoxy) is 1. The Labute approximate surface area is 161 Å². The van der Waals surface area contributed by atoms with Crippen molar-refractivity contribution in [2.45, 2.75) is 19.1 Å². The number of carbonyl (C=O) groups excluding carboxylic acids is 2. The molecule has 0 spiro atoms. The molecule has 8 heteroatoms.